The number of rotatable bonds is 12. The second-order valence-corrected chi connectivity index (χ2v) is 9.29. The molecule has 1 amide bonds. The van der Waals surface area contributed by atoms with Crippen LogP contribution in [0.25, 0.3) is 0 Å². The minimum Gasteiger partial charge on any atom is -0.482 e. The van der Waals surface area contributed by atoms with Crippen molar-refractivity contribution in [1.29, 1.82) is 0 Å². The van der Waals surface area contributed by atoms with Gasteiger partial charge in [-0.05, 0) is 47.1 Å². The first-order valence-corrected chi connectivity index (χ1v) is 12.8. The Bertz CT molecular complexity index is 950. The predicted octanol–water partition coefficient (Wildman–Crippen LogP) is 6.29. The topological polar surface area (TPSA) is 87.1 Å². The lowest BCUT2D eigenvalue weighted by Crippen LogP contribution is -2.45. The van der Waals surface area contributed by atoms with E-state index in [0.717, 1.165) is 42.4 Å². The molecule has 6 nitrogen and oxygen atoms in total. The van der Waals surface area contributed by atoms with Crippen molar-refractivity contribution < 1.29 is 24.5 Å². The van der Waals surface area contributed by atoms with Crippen LogP contribution in [0.15, 0.2) is 48.5 Å². The quantitative estimate of drug-likeness (QED) is 0.347. The van der Waals surface area contributed by atoms with Crippen LogP contribution in [-0.2, 0) is 16.1 Å². The number of aliphatic hydroxyl groups is 1. The Morgan fingerprint density at radius 2 is 1.74 bits per heavy atom. The van der Waals surface area contributed by atoms with E-state index in [0.29, 0.717) is 18.7 Å². The molecule has 2 atom stereocenters. The Morgan fingerprint density at radius 1 is 1.11 bits per heavy atom. The van der Waals surface area contributed by atoms with Crippen LogP contribution in [0.5, 0.6) is 5.75 Å². The number of carboxylic acids is 1. The Labute approximate surface area is 209 Å². The maximum atomic E-state index is 12.3. The smallest absolute Gasteiger partial charge is 0.341 e. The zero-order chi connectivity index (χ0) is 26.0. The molecule has 1 unspecified atom stereocenters. The Balaban J connectivity index is 0.00000210. The number of carboxylic acid groups (broad SMARTS) is 1. The van der Waals surface area contributed by atoms with Crippen molar-refractivity contribution in [1.82, 2.24) is 4.90 Å². The van der Waals surface area contributed by atoms with Crippen LogP contribution in [-0.4, -0.2) is 33.6 Å². The summed E-state index contributed by atoms with van der Waals surface area (Å²) >= 11 is 0. The SMILES string of the molecule is CC.CCCC(C)(CCC)C(O)c1ccc([C@H]2CC(=O)N2Cc2cccc(OCC(=O)O)c2)cc1. The van der Waals surface area contributed by atoms with Gasteiger partial charge < -0.3 is 19.8 Å². The van der Waals surface area contributed by atoms with Gasteiger partial charge in [-0.3, -0.25) is 4.79 Å². The minimum atomic E-state index is -1.03. The highest BCUT2D eigenvalue weighted by atomic mass is 16.5. The molecule has 0 aliphatic carbocycles. The number of nitrogens with zero attached hydrogens (tertiary/aromatic N) is 1. The first kappa shape index (κ1) is 28.4. The Hall–Kier alpha value is -2.86. The number of amides is 1. The summed E-state index contributed by atoms with van der Waals surface area (Å²) in [5, 5.41) is 19.9. The largest absolute Gasteiger partial charge is 0.482 e. The molecule has 0 aromatic heterocycles. The highest BCUT2D eigenvalue weighted by Gasteiger charge is 2.37. The third-order valence-corrected chi connectivity index (χ3v) is 6.62. The van der Waals surface area contributed by atoms with E-state index >= 15 is 0 Å². The van der Waals surface area contributed by atoms with E-state index in [4.69, 9.17) is 9.84 Å². The molecule has 35 heavy (non-hydrogen) atoms. The van der Waals surface area contributed by atoms with Gasteiger partial charge >= 0.3 is 5.97 Å². The van der Waals surface area contributed by atoms with Gasteiger partial charge in [-0.25, -0.2) is 4.79 Å². The molecule has 1 saturated heterocycles. The molecule has 2 aromatic rings. The number of aliphatic hydroxyl groups excluding tert-OH is 1. The van der Waals surface area contributed by atoms with Gasteiger partial charge in [0, 0.05) is 6.54 Å². The number of β-lactam (4-membered cyclic amide) rings is 1. The zero-order valence-corrected chi connectivity index (χ0v) is 21.8. The van der Waals surface area contributed by atoms with Crippen LogP contribution in [0.2, 0.25) is 0 Å². The molecule has 1 aliphatic rings. The van der Waals surface area contributed by atoms with Crippen molar-refractivity contribution in [2.45, 2.75) is 85.4 Å². The number of likely N-dealkylation sites (tertiary alicyclic amines) is 1. The zero-order valence-electron chi connectivity index (χ0n) is 21.8. The molecular weight excluding hydrogens is 442 g/mol. The molecule has 0 saturated carbocycles. The molecule has 0 bridgehead atoms. The van der Waals surface area contributed by atoms with Crippen LogP contribution >= 0.6 is 0 Å². The summed E-state index contributed by atoms with van der Waals surface area (Å²) in [5.41, 5.74) is 2.72. The number of ether oxygens (including phenoxy) is 1. The van der Waals surface area contributed by atoms with Crippen molar-refractivity contribution in [3.05, 3.63) is 65.2 Å². The molecular formula is C29H41NO5. The second kappa shape index (κ2) is 13.3. The maximum Gasteiger partial charge on any atom is 0.341 e. The van der Waals surface area contributed by atoms with Gasteiger partial charge in [0.25, 0.3) is 0 Å². The summed E-state index contributed by atoms with van der Waals surface area (Å²) in [7, 11) is 0. The third-order valence-electron chi connectivity index (χ3n) is 6.62. The molecule has 2 N–H and O–H groups in total. The molecule has 2 aromatic carbocycles. The van der Waals surface area contributed by atoms with E-state index in [1.807, 2.05) is 49.1 Å². The van der Waals surface area contributed by atoms with Crippen LogP contribution in [0.3, 0.4) is 0 Å². The van der Waals surface area contributed by atoms with Crippen molar-refractivity contribution in [2.24, 2.45) is 5.41 Å². The van der Waals surface area contributed by atoms with Gasteiger partial charge in [0.05, 0.1) is 18.6 Å². The van der Waals surface area contributed by atoms with Gasteiger partial charge in [0.1, 0.15) is 5.75 Å². The van der Waals surface area contributed by atoms with Gasteiger partial charge in [-0.1, -0.05) is 83.9 Å². The number of hydrogen-bond donors (Lipinski definition) is 2. The normalized spacial score (nSPS) is 16.1. The van der Waals surface area contributed by atoms with E-state index in [-0.39, 0.29) is 17.4 Å². The summed E-state index contributed by atoms with van der Waals surface area (Å²) in [6.07, 6.45) is 3.97. The molecule has 0 radical (unpaired) electrons. The lowest BCUT2D eigenvalue weighted by molar-refractivity contribution is -0.147. The third kappa shape index (κ3) is 7.31. The highest BCUT2D eigenvalue weighted by molar-refractivity contribution is 5.83. The lowest BCUT2D eigenvalue weighted by atomic mass is 9.74. The van der Waals surface area contributed by atoms with Crippen LogP contribution in [0, 0.1) is 5.41 Å². The van der Waals surface area contributed by atoms with Crippen LogP contribution in [0.1, 0.15) is 95.6 Å². The van der Waals surface area contributed by atoms with Gasteiger partial charge in [0.15, 0.2) is 6.61 Å². The lowest BCUT2D eigenvalue weighted by Gasteiger charge is -2.41. The standard InChI is InChI=1S/C27H35NO5.C2H6/c1-4-13-27(3,14-5-2)26(32)21-11-9-20(10-12-21)23-16-24(29)28(23)17-19-7-6-8-22(15-19)33-18-25(30)31;1-2/h6-12,15,23,26,32H,4-5,13-14,16-18H2,1-3H3,(H,30,31);1-2H3/t23-,26?;/m1./s1. The molecule has 1 fully saturated rings. The van der Waals surface area contributed by atoms with E-state index in [1.165, 1.54) is 0 Å². The fraction of sp³-hybridized carbons (Fsp3) is 0.517. The van der Waals surface area contributed by atoms with Crippen molar-refractivity contribution >= 4 is 11.9 Å². The number of benzene rings is 2. The maximum absolute atomic E-state index is 12.3. The molecule has 0 spiro atoms. The number of aliphatic carboxylic acids is 1. The first-order chi connectivity index (χ1) is 16.8. The number of carbonyl (C=O) groups is 2. The molecule has 3 rings (SSSR count). The van der Waals surface area contributed by atoms with Crippen LogP contribution < -0.4 is 4.74 Å². The fourth-order valence-corrected chi connectivity index (χ4v) is 4.87. The number of hydrogen-bond acceptors (Lipinski definition) is 4. The Morgan fingerprint density at radius 3 is 2.29 bits per heavy atom. The highest BCUT2D eigenvalue weighted by Crippen LogP contribution is 2.43. The summed E-state index contributed by atoms with van der Waals surface area (Å²) in [4.78, 5) is 24.9. The molecule has 1 heterocycles. The monoisotopic (exact) mass is 483 g/mol. The molecule has 192 valence electrons. The molecule has 1 aliphatic heterocycles. The van der Waals surface area contributed by atoms with E-state index < -0.39 is 18.7 Å². The van der Waals surface area contributed by atoms with E-state index in [2.05, 4.69) is 20.8 Å². The Kier molecular flexibility index (Phi) is 10.8. The average molecular weight is 484 g/mol. The van der Waals surface area contributed by atoms with Gasteiger partial charge in [0.2, 0.25) is 5.91 Å². The average Bonchev–Trinajstić information content (AvgIpc) is 2.86. The van der Waals surface area contributed by atoms with Gasteiger partial charge in [-0.2, -0.15) is 0 Å². The van der Waals surface area contributed by atoms with Crippen molar-refractivity contribution in [3.8, 4) is 5.75 Å². The summed E-state index contributed by atoms with van der Waals surface area (Å²) in [6, 6.07) is 15.2. The summed E-state index contributed by atoms with van der Waals surface area (Å²) < 4.78 is 5.25. The predicted molar refractivity (Wildman–Crippen MR) is 138 cm³/mol. The van der Waals surface area contributed by atoms with E-state index in [1.54, 1.807) is 18.2 Å². The number of carbonyl (C=O) groups excluding carboxylic acids is 1. The van der Waals surface area contributed by atoms with Gasteiger partial charge in [-0.15, -0.1) is 0 Å². The second-order valence-electron chi connectivity index (χ2n) is 9.29. The van der Waals surface area contributed by atoms with Crippen molar-refractivity contribution in [3.63, 3.8) is 0 Å². The summed E-state index contributed by atoms with van der Waals surface area (Å²) in [6.45, 7) is 10.5. The fourth-order valence-electron chi connectivity index (χ4n) is 4.87. The molecule has 6 heteroatoms. The minimum absolute atomic E-state index is 0.00930. The first-order valence-electron chi connectivity index (χ1n) is 12.8. The van der Waals surface area contributed by atoms with Crippen LogP contribution in [0.4, 0.5) is 0 Å². The van der Waals surface area contributed by atoms with Crippen molar-refractivity contribution in [2.75, 3.05) is 6.61 Å². The van der Waals surface area contributed by atoms with E-state index in [9.17, 15) is 14.7 Å². The summed E-state index contributed by atoms with van der Waals surface area (Å²) in [5.74, 6) is -0.476.